The van der Waals surface area contributed by atoms with E-state index >= 15 is 0 Å². The lowest BCUT2D eigenvalue weighted by atomic mass is 9.86. The Morgan fingerprint density at radius 1 is 0.897 bits per heavy atom. The van der Waals surface area contributed by atoms with E-state index in [1.54, 1.807) is 17.0 Å². The molecule has 0 heterocycles. The van der Waals surface area contributed by atoms with Gasteiger partial charge in [-0.15, -0.1) is 0 Å². The molecule has 3 aromatic rings. The number of rotatable bonds is 11. The first kappa shape index (κ1) is 30.7. The van der Waals surface area contributed by atoms with Crippen LogP contribution in [0.5, 0.6) is 0 Å². The Morgan fingerprint density at radius 2 is 1.56 bits per heavy atom. The van der Waals surface area contributed by atoms with Crippen LogP contribution < -0.4 is 5.32 Å². The molecule has 1 atom stereocenters. The highest BCUT2D eigenvalue weighted by molar-refractivity contribution is 6.35. The van der Waals surface area contributed by atoms with Gasteiger partial charge in [0.1, 0.15) is 6.04 Å². The maximum atomic E-state index is 13.9. The Labute approximate surface area is 243 Å². The first-order valence-corrected chi connectivity index (χ1v) is 14.3. The lowest BCUT2D eigenvalue weighted by Gasteiger charge is -2.32. The minimum absolute atomic E-state index is 0.0665. The Kier molecular flexibility index (Phi) is 11.0. The van der Waals surface area contributed by atoms with Gasteiger partial charge in [-0.25, -0.2) is 0 Å². The quantitative estimate of drug-likeness (QED) is 0.259. The van der Waals surface area contributed by atoms with Gasteiger partial charge >= 0.3 is 0 Å². The molecule has 39 heavy (non-hydrogen) atoms. The summed E-state index contributed by atoms with van der Waals surface area (Å²) in [5.41, 5.74) is 4.14. The zero-order chi connectivity index (χ0) is 28.6. The standard InChI is InChI=1S/C33H40Cl2N2O2/c1-23(2)21-36-32(39)30(19-25-9-7-6-8-10-25)37(22-26-14-17-28(34)20-29(26)35)31(38)18-13-24-11-15-27(16-12-24)33(3,4)5/h6-12,14-17,20,23,30H,13,18-19,21-22H2,1-5H3,(H,36,39). The van der Waals surface area contributed by atoms with Crippen molar-refractivity contribution < 1.29 is 9.59 Å². The summed E-state index contributed by atoms with van der Waals surface area (Å²) in [4.78, 5) is 29.1. The number of nitrogens with one attached hydrogen (secondary N) is 1. The normalized spacial score (nSPS) is 12.3. The molecule has 0 aliphatic heterocycles. The Morgan fingerprint density at radius 3 is 2.15 bits per heavy atom. The second-order valence-electron chi connectivity index (χ2n) is 11.5. The van der Waals surface area contributed by atoms with E-state index in [-0.39, 0.29) is 36.1 Å². The van der Waals surface area contributed by atoms with E-state index in [9.17, 15) is 9.59 Å². The lowest BCUT2D eigenvalue weighted by molar-refractivity contribution is -0.141. The van der Waals surface area contributed by atoms with Gasteiger partial charge < -0.3 is 10.2 Å². The Bertz CT molecular complexity index is 1230. The van der Waals surface area contributed by atoms with Crippen LogP contribution in [0, 0.1) is 5.92 Å². The zero-order valence-corrected chi connectivity index (χ0v) is 25.1. The SMILES string of the molecule is CC(C)CNC(=O)C(Cc1ccccc1)N(Cc1ccc(Cl)cc1Cl)C(=O)CCc1ccc(C(C)(C)C)cc1. The van der Waals surface area contributed by atoms with E-state index < -0.39 is 6.04 Å². The lowest BCUT2D eigenvalue weighted by Crippen LogP contribution is -2.51. The van der Waals surface area contributed by atoms with Crippen LogP contribution in [-0.4, -0.2) is 29.3 Å². The van der Waals surface area contributed by atoms with Gasteiger partial charge in [0.25, 0.3) is 0 Å². The molecule has 3 rings (SSSR count). The number of benzene rings is 3. The molecular weight excluding hydrogens is 527 g/mol. The van der Waals surface area contributed by atoms with Crippen LogP contribution in [0.4, 0.5) is 0 Å². The molecule has 0 radical (unpaired) electrons. The van der Waals surface area contributed by atoms with E-state index in [1.807, 2.05) is 50.2 Å². The van der Waals surface area contributed by atoms with Gasteiger partial charge in [0.05, 0.1) is 0 Å². The molecule has 3 aromatic carbocycles. The number of carbonyl (C=O) groups is 2. The van der Waals surface area contributed by atoms with Crippen molar-refractivity contribution >= 4 is 35.0 Å². The van der Waals surface area contributed by atoms with E-state index in [0.717, 1.165) is 16.7 Å². The van der Waals surface area contributed by atoms with Crippen molar-refractivity contribution in [2.45, 2.75) is 71.9 Å². The van der Waals surface area contributed by atoms with Crippen molar-refractivity contribution in [3.8, 4) is 0 Å². The van der Waals surface area contributed by atoms with Crippen LogP contribution in [0.1, 0.15) is 63.3 Å². The number of hydrogen-bond acceptors (Lipinski definition) is 2. The summed E-state index contributed by atoms with van der Waals surface area (Å²) in [6.45, 7) is 11.4. The first-order valence-electron chi connectivity index (χ1n) is 13.6. The molecule has 208 valence electrons. The minimum Gasteiger partial charge on any atom is -0.354 e. The number of hydrogen-bond donors (Lipinski definition) is 1. The molecule has 2 amide bonds. The third-order valence-corrected chi connectivity index (χ3v) is 7.35. The van der Waals surface area contributed by atoms with Crippen LogP contribution in [0.15, 0.2) is 72.8 Å². The van der Waals surface area contributed by atoms with Gasteiger partial charge in [0, 0.05) is 36.0 Å². The summed E-state index contributed by atoms with van der Waals surface area (Å²) in [6, 6.07) is 22.8. The molecule has 0 saturated heterocycles. The second kappa shape index (κ2) is 14.0. The van der Waals surface area contributed by atoms with E-state index in [2.05, 4.69) is 50.4 Å². The van der Waals surface area contributed by atoms with Crippen LogP contribution in [0.3, 0.4) is 0 Å². The van der Waals surface area contributed by atoms with Gasteiger partial charge in [-0.1, -0.05) is 118 Å². The molecule has 0 aliphatic carbocycles. The monoisotopic (exact) mass is 566 g/mol. The van der Waals surface area contributed by atoms with Gasteiger partial charge in [-0.2, -0.15) is 0 Å². The largest absolute Gasteiger partial charge is 0.354 e. The topological polar surface area (TPSA) is 49.4 Å². The molecule has 0 spiro atoms. The molecular formula is C33H40Cl2N2O2. The molecule has 0 bridgehead atoms. The summed E-state index contributed by atoms with van der Waals surface area (Å²) >= 11 is 12.7. The van der Waals surface area contributed by atoms with E-state index in [4.69, 9.17) is 23.2 Å². The number of aryl methyl sites for hydroxylation is 1. The van der Waals surface area contributed by atoms with Gasteiger partial charge in [0.2, 0.25) is 11.8 Å². The average Bonchev–Trinajstić information content (AvgIpc) is 2.89. The highest BCUT2D eigenvalue weighted by Gasteiger charge is 2.30. The predicted molar refractivity (Wildman–Crippen MR) is 162 cm³/mol. The fourth-order valence-corrected chi connectivity index (χ4v) is 4.84. The van der Waals surface area contributed by atoms with Crippen LogP contribution >= 0.6 is 23.2 Å². The van der Waals surface area contributed by atoms with E-state index in [1.165, 1.54) is 5.56 Å². The Hall–Kier alpha value is -2.82. The third-order valence-electron chi connectivity index (χ3n) is 6.76. The van der Waals surface area contributed by atoms with Gasteiger partial charge in [0.15, 0.2) is 0 Å². The molecule has 4 nitrogen and oxygen atoms in total. The van der Waals surface area contributed by atoms with Crippen molar-refractivity contribution in [2.75, 3.05) is 6.54 Å². The number of nitrogens with zero attached hydrogens (tertiary/aromatic N) is 1. The fourth-order valence-electron chi connectivity index (χ4n) is 4.38. The van der Waals surface area contributed by atoms with Crippen LogP contribution in [-0.2, 0) is 34.4 Å². The molecule has 0 aliphatic rings. The fraction of sp³-hybridized carbons (Fsp3) is 0.394. The third kappa shape index (κ3) is 9.40. The van der Waals surface area contributed by atoms with Crippen molar-refractivity contribution in [3.63, 3.8) is 0 Å². The maximum absolute atomic E-state index is 13.9. The van der Waals surface area contributed by atoms with Crippen molar-refractivity contribution in [3.05, 3.63) is 105 Å². The van der Waals surface area contributed by atoms with Gasteiger partial charge in [-0.05, 0) is 52.1 Å². The minimum atomic E-state index is -0.686. The number of halogens is 2. The molecule has 1 unspecified atom stereocenters. The Balaban J connectivity index is 1.90. The maximum Gasteiger partial charge on any atom is 0.243 e. The summed E-state index contributed by atoms with van der Waals surface area (Å²) in [6.07, 6.45) is 1.27. The molecule has 0 aromatic heterocycles. The zero-order valence-electron chi connectivity index (χ0n) is 23.6. The molecule has 0 saturated carbocycles. The van der Waals surface area contributed by atoms with Gasteiger partial charge in [-0.3, -0.25) is 9.59 Å². The molecule has 0 fully saturated rings. The predicted octanol–water partition coefficient (Wildman–Crippen LogP) is 7.64. The smallest absolute Gasteiger partial charge is 0.243 e. The average molecular weight is 568 g/mol. The summed E-state index contributed by atoms with van der Waals surface area (Å²) in [5.74, 6) is 0.0271. The molecule has 1 N–H and O–H groups in total. The van der Waals surface area contributed by atoms with Crippen LogP contribution in [0.25, 0.3) is 0 Å². The highest BCUT2D eigenvalue weighted by Crippen LogP contribution is 2.26. The van der Waals surface area contributed by atoms with Crippen LogP contribution in [0.2, 0.25) is 10.0 Å². The first-order chi connectivity index (χ1) is 18.4. The number of carbonyl (C=O) groups excluding carboxylic acids is 2. The van der Waals surface area contributed by atoms with Crippen molar-refractivity contribution in [1.29, 1.82) is 0 Å². The second-order valence-corrected chi connectivity index (χ2v) is 12.4. The number of amides is 2. The summed E-state index contributed by atoms with van der Waals surface area (Å²) in [5, 5.41) is 4.05. The summed E-state index contributed by atoms with van der Waals surface area (Å²) < 4.78 is 0. The summed E-state index contributed by atoms with van der Waals surface area (Å²) in [7, 11) is 0. The van der Waals surface area contributed by atoms with Crippen molar-refractivity contribution in [2.24, 2.45) is 5.92 Å². The van der Waals surface area contributed by atoms with Crippen molar-refractivity contribution in [1.82, 2.24) is 10.2 Å². The molecule has 6 heteroatoms. The highest BCUT2D eigenvalue weighted by atomic mass is 35.5. The van der Waals surface area contributed by atoms with E-state index in [0.29, 0.717) is 29.4 Å².